The highest BCUT2D eigenvalue weighted by molar-refractivity contribution is 5.85. The molecule has 1 amide bonds. The predicted molar refractivity (Wildman–Crippen MR) is 60.2 cm³/mol. The van der Waals surface area contributed by atoms with Crippen molar-refractivity contribution in [2.45, 2.75) is 25.4 Å². The molecule has 2 saturated heterocycles. The van der Waals surface area contributed by atoms with Gasteiger partial charge in [0, 0.05) is 19.7 Å². The van der Waals surface area contributed by atoms with Crippen LogP contribution in [0.15, 0.2) is 0 Å². The van der Waals surface area contributed by atoms with Gasteiger partial charge in [0.15, 0.2) is 0 Å². The fourth-order valence-corrected chi connectivity index (χ4v) is 2.04. The molecule has 0 aromatic heterocycles. The van der Waals surface area contributed by atoms with Gasteiger partial charge in [-0.2, -0.15) is 0 Å². The molecule has 1 unspecified atom stereocenters. The Kier molecular flexibility index (Phi) is 5.36. The largest absolute Gasteiger partial charge is 0.376 e. The minimum Gasteiger partial charge on any atom is -0.376 e. The van der Waals surface area contributed by atoms with Crippen molar-refractivity contribution in [3.8, 4) is 0 Å². The van der Waals surface area contributed by atoms with Gasteiger partial charge in [-0.3, -0.25) is 4.79 Å². The lowest BCUT2D eigenvalue weighted by molar-refractivity contribution is -0.124. The van der Waals surface area contributed by atoms with E-state index in [0.717, 1.165) is 39.0 Å². The summed E-state index contributed by atoms with van der Waals surface area (Å²) in [4.78, 5) is 11.6. The SMILES string of the molecule is Cl.O=C(NCC1CCCO1)[C@@H]1CCNC1. The molecule has 15 heavy (non-hydrogen) atoms. The summed E-state index contributed by atoms with van der Waals surface area (Å²) < 4.78 is 5.44. The number of halogens is 1. The van der Waals surface area contributed by atoms with Gasteiger partial charge in [-0.25, -0.2) is 0 Å². The number of amides is 1. The molecule has 0 aromatic carbocycles. The molecule has 4 nitrogen and oxygen atoms in total. The van der Waals surface area contributed by atoms with E-state index in [0.29, 0.717) is 6.54 Å². The highest BCUT2D eigenvalue weighted by Crippen LogP contribution is 2.11. The molecule has 2 aliphatic heterocycles. The molecule has 0 aromatic rings. The van der Waals surface area contributed by atoms with Gasteiger partial charge in [0.1, 0.15) is 0 Å². The van der Waals surface area contributed by atoms with Gasteiger partial charge >= 0.3 is 0 Å². The maximum absolute atomic E-state index is 11.6. The first kappa shape index (κ1) is 12.7. The summed E-state index contributed by atoms with van der Waals surface area (Å²) in [5.74, 6) is 0.363. The molecule has 0 saturated carbocycles. The first-order chi connectivity index (χ1) is 6.86. The Labute approximate surface area is 96.5 Å². The first-order valence-corrected chi connectivity index (χ1v) is 5.46. The van der Waals surface area contributed by atoms with E-state index >= 15 is 0 Å². The van der Waals surface area contributed by atoms with Crippen molar-refractivity contribution in [3.05, 3.63) is 0 Å². The molecule has 0 radical (unpaired) electrons. The quantitative estimate of drug-likeness (QED) is 0.739. The maximum atomic E-state index is 11.6. The van der Waals surface area contributed by atoms with Crippen molar-refractivity contribution in [3.63, 3.8) is 0 Å². The fraction of sp³-hybridized carbons (Fsp3) is 0.900. The second-order valence-electron chi connectivity index (χ2n) is 4.07. The minimum absolute atomic E-state index is 0. The Morgan fingerprint density at radius 1 is 1.47 bits per heavy atom. The highest BCUT2D eigenvalue weighted by Gasteiger charge is 2.23. The van der Waals surface area contributed by atoms with Crippen molar-refractivity contribution in [1.82, 2.24) is 10.6 Å². The molecule has 0 spiro atoms. The molecule has 2 atom stereocenters. The van der Waals surface area contributed by atoms with E-state index in [9.17, 15) is 4.79 Å². The molecule has 5 heteroatoms. The number of nitrogens with one attached hydrogen (secondary N) is 2. The minimum atomic E-state index is 0. The molecular weight excluding hydrogens is 216 g/mol. The van der Waals surface area contributed by atoms with Crippen LogP contribution in [0.5, 0.6) is 0 Å². The monoisotopic (exact) mass is 234 g/mol. The average molecular weight is 235 g/mol. The third-order valence-electron chi connectivity index (χ3n) is 2.96. The van der Waals surface area contributed by atoms with Gasteiger partial charge < -0.3 is 15.4 Å². The van der Waals surface area contributed by atoms with Crippen molar-refractivity contribution in [2.75, 3.05) is 26.2 Å². The molecule has 2 rings (SSSR count). The topological polar surface area (TPSA) is 50.4 Å². The molecule has 2 aliphatic rings. The van der Waals surface area contributed by atoms with Crippen LogP contribution >= 0.6 is 12.4 Å². The summed E-state index contributed by atoms with van der Waals surface area (Å²) in [6.07, 6.45) is 3.44. The van der Waals surface area contributed by atoms with Crippen molar-refractivity contribution >= 4 is 18.3 Å². The van der Waals surface area contributed by atoms with Crippen molar-refractivity contribution in [1.29, 1.82) is 0 Å². The van der Waals surface area contributed by atoms with Crippen LogP contribution in [-0.2, 0) is 9.53 Å². The summed E-state index contributed by atoms with van der Waals surface area (Å²) in [5, 5.41) is 6.15. The Morgan fingerprint density at radius 3 is 2.93 bits per heavy atom. The molecular formula is C10H19ClN2O2. The van der Waals surface area contributed by atoms with E-state index in [1.807, 2.05) is 0 Å². The van der Waals surface area contributed by atoms with E-state index in [4.69, 9.17) is 4.74 Å². The van der Waals surface area contributed by atoms with Gasteiger partial charge in [-0.15, -0.1) is 12.4 Å². The van der Waals surface area contributed by atoms with Gasteiger partial charge in [0.2, 0.25) is 5.91 Å². The van der Waals surface area contributed by atoms with Gasteiger partial charge in [0.25, 0.3) is 0 Å². The highest BCUT2D eigenvalue weighted by atomic mass is 35.5. The number of carbonyl (C=O) groups is 1. The Balaban J connectivity index is 0.00000112. The van der Waals surface area contributed by atoms with E-state index in [1.165, 1.54) is 0 Å². The van der Waals surface area contributed by atoms with Gasteiger partial charge in [-0.05, 0) is 25.8 Å². The normalized spacial score (nSPS) is 29.9. The Morgan fingerprint density at radius 2 is 2.33 bits per heavy atom. The fourth-order valence-electron chi connectivity index (χ4n) is 2.04. The van der Waals surface area contributed by atoms with Gasteiger partial charge in [-0.1, -0.05) is 0 Å². The van der Waals surface area contributed by atoms with E-state index in [-0.39, 0.29) is 30.3 Å². The van der Waals surface area contributed by atoms with Gasteiger partial charge in [0.05, 0.1) is 12.0 Å². The van der Waals surface area contributed by atoms with Crippen molar-refractivity contribution in [2.24, 2.45) is 5.92 Å². The zero-order chi connectivity index (χ0) is 9.80. The lowest BCUT2D eigenvalue weighted by Crippen LogP contribution is -2.36. The maximum Gasteiger partial charge on any atom is 0.224 e. The number of rotatable bonds is 3. The number of ether oxygens (including phenoxy) is 1. The summed E-state index contributed by atoms with van der Waals surface area (Å²) >= 11 is 0. The predicted octanol–water partition coefficient (Wildman–Crippen LogP) is 0.313. The molecule has 2 N–H and O–H groups in total. The lowest BCUT2D eigenvalue weighted by atomic mass is 10.1. The first-order valence-electron chi connectivity index (χ1n) is 5.46. The Bertz CT molecular complexity index is 202. The third kappa shape index (κ3) is 3.63. The standard InChI is InChI=1S/C10H18N2O2.ClH/c13-10(8-3-4-11-6-8)12-7-9-2-1-5-14-9;/h8-9,11H,1-7H2,(H,12,13);1H/t8-,9?;/m1./s1. The van der Waals surface area contributed by atoms with Crippen LogP contribution in [0.3, 0.4) is 0 Å². The van der Waals surface area contributed by atoms with Crippen LogP contribution < -0.4 is 10.6 Å². The van der Waals surface area contributed by atoms with E-state index in [1.54, 1.807) is 0 Å². The second-order valence-corrected chi connectivity index (χ2v) is 4.07. The molecule has 2 heterocycles. The van der Waals surface area contributed by atoms with Crippen LogP contribution in [0.25, 0.3) is 0 Å². The molecule has 2 fully saturated rings. The summed E-state index contributed by atoms with van der Waals surface area (Å²) in [7, 11) is 0. The molecule has 88 valence electrons. The number of carbonyl (C=O) groups excluding carboxylic acids is 1. The molecule has 0 bridgehead atoms. The summed E-state index contributed by atoms with van der Waals surface area (Å²) in [6, 6.07) is 0. The Hall–Kier alpha value is -0.320. The van der Waals surface area contributed by atoms with E-state index in [2.05, 4.69) is 10.6 Å². The van der Waals surface area contributed by atoms with Crippen LogP contribution in [-0.4, -0.2) is 38.3 Å². The average Bonchev–Trinajstić information content (AvgIpc) is 2.87. The third-order valence-corrected chi connectivity index (χ3v) is 2.96. The lowest BCUT2D eigenvalue weighted by Gasteiger charge is -2.13. The van der Waals surface area contributed by atoms with Crippen LogP contribution in [0.1, 0.15) is 19.3 Å². The smallest absolute Gasteiger partial charge is 0.224 e. The zero-order valence-corrected chi connectivity index (χ0v) is 9.65. The zero-order valence-electron chi connectivity index (χ0n) is 8.83. The van der Waals surface area contributed by atoms with Crippen molar-refractivity contribution < 1.29 is 9.53 Å². The molecule has 0 aliphatic carbocycles. The summed E-state index contributed by atoms with van der Waals surface area (Å²) in [6.45, 7) is 3.34. The second kappa shape index (κ2) is 6.30. The summed E-state index contributed by atoms with van der Waals surface area (Å²) in [5.41, 5.74) is 0. The van der Waals surface area contributed by atoms with Crippen LogP contribution in [0, 0.1) is 5.92 Å². The van der Waals surface area contributed by atoms with Crippen LogP contribution in [0.4, 0.5) is 0 Å². The number of hydrogen-bond donors (Lipinski definition) is 2. The van der Waals surface area contributed by atoms with E-state index < -0.39 is 0 Å². The number of hydrogen-bond acceptors (Lipinski definition) is 3. The van der Waals surface area contributed by atoms with Crippen LogP contribution in [0.2, 0.25) is 0 Å².